The number of hydrogen-bond acceptors (Lipinski definition) is 17. The summed E-state index contributed by atoms with van der Waals surface area (Å²) >= 11 is 7.76. The molecule has 0 spiro atoms. The number of rotatable bonds is 18. The van der Waals surface area contributed by atoms with Gasteiger partial charge in [0.05, 0.1) is 25.3 Å². The zero-order valence-electron chi connectivity index (χ0n) is 49.0. The smallest absolute Gasteiger partial charge is 0.410 e. The van der Waals surface area contributed by atoms with Crippen molar-refractivity contribution < 1.29 is 76.7 Å². The molecule has 3 heterocycles. The Morgan fingerprint density at radius 1 is 1.00 bits per heavy atom. The van der Waals surface area contributed by atoms with Crippen LogP contribution in [0.5, 0.6) is 5.75 Å². The zero-order valence-corrected chi connectivity index (χ0v) is 50.6. The van der Waals surface area contributed by atoms with Crippen molar-refractivity contribution in [1.82, 2.24) is 30.2 Å². The summed E-state index contributed by atoms with van der Waals surface area (Å²) in [5.41, 5.74) is -0.592. The van der Waals surface area contributed by atoms with Crippen molar-refractivity contribution in [3.8, 4) is 5.75 Å². The number of nitrogens with one attached hydrogen (secondary N) is 2. The highest BCUT2D eigenvalue weighted by atomic mass is 35.5. The van der Waals surface area contributed by atoms with Crippen LogP contribution in [0.2, 0.25) is 5.02 Å². The van der Waals surface area contributed by atoms with E-state index < -0.39 is 83.4 Å². The highest BCUT2D eigenvalue weighted by Crippen LogP contribution is 2.61. The molecule has 23 nitrogen and oxygen atoms in total. The number of ether oxygens (including phenoxy) is 6. The maximum Gasteiger partial charge on any atom is 0.410 e. The van der Waals surface area contributed by atoms with Gasteiger partial charge in [0, 0.05) is 97.6 Å². The average Bonchev–Trinajstić information content (AvgIpc) is 3.94. The maximum absolute atomic E-state index is 14.4. The average molecular weight is 1200 g/mol. The minimum Gasteiger partial charge on any atom is -0.495 e. The van der Waals surface area contributed by atoms with E-state index in [4.69, 9.17) is 40.0 Å². The minimum atomic E-state index is -1.84. The van der Waals surface area contributed by atoms with Gasteiger partial charge in [-0.2, -0.15) is 0 Å². The third-order valence-electron chi connectivity index (χ3n) is 16.2. The fraction of sp³-hybridized carbons (Fsp3) is 0.603. The van der Waals surface area contributed by atoms with Crippen LogP contribution in [-0.2, 0) is 58.9 Å². The molecule has 1 saturated heterocycles. The predicted molar refractivity (Wildman–Crippen MR) is 308 cm³/mol. The molecule has 3 N–H and O–H groups in total. The number of anilines is 1. The van der Waals surface area contributed by atoms with Crippen LogP contribution >= 0.6 is 23.4 Å². The van der Waals surface area contributed by atoms with Gasteiger partial charge in [-0.15, -0.1) is 0 Å². The Balaban J connectivity index is 0.990. The Labute approximate surface area is 494 Å². The number of likely N-dealkylation sites (N-methyl/N-ethyl adjacent to an activating group) is 3. The number of hydrogen-bond donors (Lipinski definition) is 3. The van der Waals surface area contributed by atoms with Gasteiger partial charge in [0.2, 0.25) is 17.7 Å². The Morgan fingerprint density at radius 3 is 2.41 bits per heavy atom. The van der Waals surface area contributed by atoms with Crippen molar-refractivity contribution >= 4 is 82.0 Å². The molecular weight excluding hydrogens is 1120 g/mol. The summed E-state index contributed by atoms with van der Waals surface area (Å²) in [6, 6.07) is 2.47. The number of carbonyl (C=O) groups is 9. The maximum atomic E-state index is 14.4. The first-order valence-corrected chi connectivity index (χ1v) is 29.2. The summed E-state index contributed by atoms with van der Waals surface area (Å²) in [5, 5.41) is 17.0. The highest BCUT2D eigenvalue weighted by Gasteiger charge is 2.62. The van der Waals surface area contributed by atoms with Crippen LogP contribution in [0.15, 0.2) is 60.2 Å². The molecule has 1 saturated carbocycles. The third kappa shape index (κ3) is 17.3. The van der Waals surface area contributed by atoms with Gasteiger partial charge in [0.15, 0.2) is 5.72 Å². The molecule has 6 rings (SSSR count). The molecule has 83 heavy (non-hydrogen) atoms. The van der Waals surface area contributed by atoms with Crippen molar-refractivity contribution in [2.45, 2.75) is 128 Å². The molecular formula is C58H80ClN7O16S. The van der Waals surface area contributed by atoms with Crippen LogP contribution < -0.4 is 20.3 Å². The normalized spacial score (nSPS) is 28.1. The standard InChI is InChI=1S/C58H80ClN7O16S/c1-35-14-11-19-45(78-10)58(76)33-44(81-54(73)61-58)36(2)41-32-57(41,4)46(31-51(71)65(8)42-29-38(28-35)30-43(77-9)52(42)59)82-53(72)37(3)64(7)48(68)22-27-83-56(75)63(6)26-25-62(5)55(74)80-40-17-12-15-39(16-13-18-40)79-34-47(67)60-23-24-66-49(69)20-21-50(66)70/h11-12,14,17,19-21,29-30,36-37,39-41,44-46,76H,13,15-16,18,22-28,31-34H2,1-10H3,(H,60,67)(H,61,73)/b17-12+,19-11+,35-14+/t36-,37-,39?,40?,41-,44-,45+,46-,57+,58-/m0/s1. The van der Waals surface area contributed by atoms with E-state index in [0.717, 1.165) is 27.8 Å². The summed E-state index contributed by atoms with van der Waals surface area (Å²) in [6.07, 6.45) is 9.15. The number of fused-ring (bicyclic) bond motifs is 5. The van der Waals surface area contributed by atoms with Gasteiger partial charge in [-0.05, 0) is 88.0 Å². The third-order valence-corrected chi connectivity index (χ3v) is 17.5. The monoisotopic (exact) mass is 1200 g/mol. The van der Waals surface area contributed by atoms with E-state index in [2.05, 4.69) is 10.6 Å². The Kier molecular flexibility index (Phi) is 23.2. The van der Waals surface area contributed by atoms with Gasteiger partial charge in [0.1, 0.15) is 47.8 Å². The lowest BCUT2D eigenvalue weighted by atomic mass is 9.83. The summed E-state index contributed by atoms with van der Waals surface area (Å²) in [7, 11) is 9.10. The first-order chi connectivity index (χ1) is 39.3. The molecule has 1 aromatic carbocycles. The molecule has 2 unspecified atom stereocenters. The number of thioether (sulfide) groups is 1. The lowest BCUT2D eigenvalue weighted by Gasteiger charge is -2.42. The van der Waals surface area contributed by atoms with E-state index in [1.54, 1.807) is 51.5 Å². The Morgan fingerprint density at radius 2 is 1.71 bits per heavy atom. The highest BCUT2D eigenvalue weighted by molar-refractivity contribution is 8.13. The summed E-state index contributed by atoms with van der Waals surface area (Å²) in [6.45, 7) is 7.53. The second-order valence-electron chi connectivity index (χ2n) is 22.2. The van der Waals surface area contributed by atoms with Gasteiger partial charge in [-0.3, -0.25) is 39.0 Å². The number of aliphatic hydroxyl groups is 1. The number of benzene rings is 1. The molecule has 5 aliphatic rings. The minimum absolute atomic E-state index is 0.0297. The lowest BCUT2D eigenvalue weighted by molar-refractivity contribution is -0.163. The Hall–Kier alpha value is -6.47. The van der Waals surface area contributed by atoms with E-state index in [0.29, 0.717) is 50.0 Å². The molecule has 4 bridgehead atoms. The number of halogens is 1. The topological polar surface area (TPSA) is 270 Å². The fourth-order valence-corrected chi connectivity index (χ4v) is 11.7. The molecule has 1 aromatic rings. The summed E-state index contributed by atoms with van der Waals surface area (Å²) < 4.78 is 34.9. The molecule has 2 aliphatic carbocycles. The molecule has 0 aromatic heterocycles. The molecule has 10 atom stereocenters. The van der Waals surface area contributed by atoms with Crippen molar-refractivity contribution in [2.75, 3.05) is 85.8 Å². The van der Waals surface area contributed by atoms with E-state index in [1.165, 1.54) is 59.9 Å². The second-order valence-corrected chi connectivity index (χ2v) is 23.6. The van der Waals surface area contributed by atoms with E-state index >= 15 is 0 Å². The first kappa shape index (κ1) is 65.7. The largest absolute Gasteiger partial charge is 0.495 e. The summed E-state index contributed by atoms with van der Waals surface area (Å²) in [5.74, 6) is -3.03. The number of nitrogens with zero attached hydrogens (tertiary/aromatic N) is 5. The fourth-order valence-electron chi connectivity index (χ4n) is 10.6. The second kappa shape index (κ2) is 29.4. The molecule has 8 amide bonds. The van der Waals surface area contributed by atoms with E-state index in [1.807, 2.05) is 32.9 Å². The number of carbonyl (C=O) groups excluding carboxylic acids is 9. The van der Waals surface area contributed by atoms with Gasteiger partial charge in [-0.25, -0.2) is 14.4 Å². The van der Waals surface area contributed by atoms with E-state index in [-0.39, 0.29) is 91.9 Å². The van der Waals surface area contributed by atoms with E-state index in [9.17, 15) is 48.3 Å². The van der Waals surface area contributed by atoms with Gasteiger partial charge in [-0.1, -0.05) is 67.1 Å². The van der Waals surface area contributed by atoms with Gasteiger partial charge >= 0.3 is 18.2 Å². The number of esters is 1. The van der Waals surface area contributed by atoms with Crippen LogP contribution in [0.4, 0.5) is 20.1 Å². The first-order valence-electron chi connectivity index (χ1n) is 27.8. The van der Waals surface area contributed by atoms with Gasteiger partial charge in [0.25, 0.3) is 17.1 Å². The van der Waals surface area contributed by atoms with Crippen molar-refractivity contribution in [3.63, 3.8) is 0 Å². The van der Waals surface area contributed by atoms with Crippen molar-refractivity contribution in [2.24, 2.45) is 17.3 Å². The van der Waals surface area contributed by atoms with Crippen LogP contribution in [0, 0.1) is 17.3 Å². The number of alkyl carbamates (subject to hydrolysis) is 1. The van der Waals surface area contributed by atoms with Crippen LogP contribution in [-0.4, -0.2) is 201 Å². The van der Waals surface area contributed by atoms with Crippen LogP contribution in [0.25, 0.3) is 0 Å². The number of methoxy groups -OCH3 is 2. The lowest BCUT2D eigenvalue weighted by Crippen LogP contribution is -2.63. The molecule has 456 valence electrons. The van der Waals surface area contributed by atoms with Crippen LogP contribution in [0.3, 0.4) is 0 Å². The van der Waals surface area contributed by atoms with Crippen molar-refractivity contribution in [3.05, 3.63) is 70.8 Å². The number of imide groups is 1. The Bertz CT molecular complexity index is 2710. The quantitative estimate of drug-likeness (QED) is 0.0703. The summed E-state index contributed by atoms with van der Waals surface area (Å²) in [4.78, 5) is 124. The number of amides is 8. The zero-order chi connectivity index (χ0) is 60.9. The molecule has 3 aliphatic heterocycles. The molecule has 0 radical (unpaired) electrons. The molecule has 2 fully saturated rings. The van der Waals surface area contributed by atoms with Crippen LogP contribution in [0.1, 0.15) is 84.6 Å². The van der Waals surface area contributed by atoms with Crippen molar-refractivity contribution in [1.29, 1.82) is 0 Å². The predicted octanol–water partition coefficient (Wildman–Crippen LogP) is 5.55. The molecule has 25 heteroatoms. The van der Waals surface area contributed by atoms with Gasteiger partial charge < -0.3 is 58.4 Å². The SMILES string of the molecule is COc1cc2cc(c1Cl)N(C)C(=O)C[C@H](OC(=O)[C@H](C)N(C)C(=O)CCSC(=O)N(C)CCN(C)C(=O)OC1/C=C/CC(OCC(=O)NCCN3C(=O)C=CC3=O)CCC1)[C@]1(C)C[C@H]1[C@H](C)[C@@H]1C[C@@](O)(NC(=O)O1)[C@H](OC)/C=C/C=C(\C)C2. The number of allylic oxidation sites excluding steroid dienone is 3.